The second kappa shape index (κ2) is 10.2. The van der Waals surface area contributed by atoms with Crippen molar-refractivity contribution in [2.45, 2.75) is 65.7 Å². The van der Waals surface area contributed by atoms with E-state index in [1.165, 1.54) is 0 Å². The zero-order chi connectivity index (χ0) is 26.1. The Kier molecular flexibility index (Phi) is 7.82. The number of nitrogens with zero attached hydrogens (tertiary/aromatic N) is 1. The molecular formula is C31H36ClNO2. The number of Topliss-reactive ketones (excluding diaryl/α,β-unsaturated/α-hetero) is 1. The summed E-state index contributed by atoms with van der Waals surface area (Å²) in [7, 11) is 4.06. The van der Waals surface area contributed by atoms with Crippen molar-refractivity contribution < 1.29 is 9.53 Å². The molecule has 0 amide bonds. The first kappa shape index (κ1) is 27.0. The fourth-order valence-electron chi connectivity index (χ4n) is 3.93. The van der Waals surface area contributed by atoms with Gasteiger partial charge >= 0.3 is 0 Å². The number of carbonyl (C=O) groups is 1. The van der Waals surface area contributed by atoms with Crippen molar-refractivity contribution in [3.05, 3.63) is 70.2 Å². The molecule has 0 heterocycles. The summed E-state index contributed by atoms with van der Waals surface area (Å²) in [4.78, 5) is 15.0. The fourth-order valence-corrected chi connectivity index (χ4v) is 4.06. The molecule has 0 saturated heterocycles. The molecule has 0 bridgehead atoms. The van der Waals surface area contributed by atoms with Gasteiger partial charge in [-0.15, -0.1) is 0 Å². The Labute approximate surface area is 215 Å². The van der Waals surface area contributed by atoms with Crippen molar-refractivity contribution in [3.63, 3.8) is 0 Å². The first-order valence-corrected chi connectivity index (χ1v) is 12.3. The minimum atomic E-state index is -0.688. The number of aryl methyl sites for hydroxylation is 1. The van der Waals surface area contributed by atoms with Gasteiger partial charge in [0, 0.05) is 10.6 Å². The highest BCUT2D eigenvalue weighted by Gasteiger charge is 2.29. The first-order valence-electron chi connectivity index (χ1n) is 11.9. The number of hydrogen-bond donors (Lipinski definition) is 0. The van der Waals surface area contributed by atoms with Gasteiger partial charge in [-0.1, -0.05) is 47.7 Å². The predicted molar refractivity (Wildman–Crippen MR) is 148 cm³/mol. The third-order valence-corrected chi connectivity index (χ3v) is 6.51. The van der Waals surface area contributed by atoms with E-state index in [9.17, 15) is 4.79 Å². The summed E-state index contributed by atoms with van der Waals surface area (Å²) < 4.78 is 6.34. The average Bonchev–Trinajstić information content (AvgIpc) is 2.75. The van der Waals surface area contributed by atoms with Crippen LogP contribution in [0.3, 0.4) is 0 Å². The number of halogens is 1. The van der Waals surface area contributed by atoms with E-state index >= 15 is 0 Å². The van der Waals surface area contributed by atoms with Crippen LogP contribution >= 0.6 is 11.6 Å². The van der Waals surface area contributed by atoms with Crippen LogP contribution in [0.2, 0.25) is 5.02 Å². The Balaban J connectivity index is 2.37. The van der Waals surface area contributed by atoms with E-state index in [0.717, 1.165) is 38.6 Å². The Morgan fingerprint density at radius 2 is 1.63 bits per heavy atom. The van der Waals surface area contributed by atoms with E-state index < -0.39 is 11.7 Å². The zero-order valence-electron chi connectivity index (χ0n) is 22.3. The molecule has 0 aliphatic carbocycles. The predicted octanol–water partition coefficient (Wildman–Crippen LogP) is 7.61. The van der Waals surface area contributed by atoms with Gasteiger partial charge in [0.05, 0.1) is 11.1 Å². The highest BCUT2D eigenvalue weighted by atomic mass is 35.5. The maximum absolute atomic E-state index is 12.9. The van der Waals surface area contributed by atoms with Gasteiger partial charge in [0.2, 0.25) is 0 Å². The Morgan fingerprint density at radius 3 is 2.17 bits per heavy atom. The van der Waals surface area contributed by atoms with Crippen LogP contribution in [-0.4, -0.2) is 35.9 Å². The molecule has 1 unspecified atom stereocenters. The van der Waals surface area contributed by atoms with Crippen LogP contribution in [0.15, 0.2) is 48.5 Å². The molecule has 0 saturated carbocycles. The molecule has 3 aromatic rings. The maximum Gasteiger partial charge on any atom is 0.163 e. The summed E-state index contributed by atoms with van der Waals surface area (Å²) in [5.41, 5.74) is 4.05. The Morgan fingerprint density at radius 1 is 1.00 bits per heavy atom. The molecule has 3 rings (SSSR count). The first-order chi connectivity index (χ1) is 16.2. The molecule has 4 heteroatoms. The number of ketones is 1. The van der Waals surface area contributed by atoms with Gasteiger partial charge in [0.1, 0.15) is 6.10 Å². The summed E-state index contributed by atoms with van der Waals surface area (Å²) in [6.07, 6.45) is -0.688. The molecule has 3 nitrogen and oxygen atoms in total. The minimum Gasteiger partial charge on any atom is -0.360 e. The molecule has 0 aliphatic heterocycles. The normalized spacial score (nSPS) is 13.0. The Bertz CT molecular complexity index is 1300. The van der Waals surface area contributed by atoms with E-state index in [0.29, 0.717) is 5.02 Å². The molecule has 0 radical (unpaired) electrons. The third-order valence-electron chi connectivity index (χ3n) is 6.26. The van der Waals surface area contributed by atoms with Gasteiger partial charge in [-0.25, -0.2) is 0 Å². The third kappa shape index (κ3) is 6.33. The van der Waals surface area contributed by atoms with Gasteiger partial charge < -0.3 is 4.74 Å². The lowest BCUT2D eigenvalue weighted by molar-refractivity contribution is -0.138. The van der Waals surface area contributed by atoms with Crippen LogP contribution in [0.5, 0.6) is 0 Å². The molecule has 0 aliphatic rings. The SMILES string of the molecule is CC(=O)C(OC(C)(C)C)c1c(C)cc2ccc(C#CC(C)(C)N(C)C)cc2c1-c1ccc(Cl)cc1. The van der Waals surface area contributed by atoms with Gasteiger partial charge in [-0.3, -0.25) is 9.69 Å². The van der Waals surface area contributed by atoms with Crippen LogP contribution in [0.4, 0.5) is 0 Å². The molecule has 0 N–H and O–H groups in total. The van der Waals surface area contributed by atoms with E-state index in [4.69, 9.17) is 16.3 Å². The van der Waals surface area contributed by atoms with E-state index in [2.05, 4.69) is 54.9 Å². The summed E-state index contributed by atoms with van der Waals surface area (Å²) in [5.74, 6) is 6.72. The number of rotatable bonds is 5. The fraction of sp³-hybridized carbons (Fsp3) is 0.387. The lowest BCUT2D eigenvalue weighted by atomic mass is 9.85. The second-order valence-electron chi connectivity index (χ2n) is 10.8. The summed E-state index contributed by atoms with van der Waals surface area (Å²) in [5, 5.41) is 2.79. The zero-order valence-corrected chi connectivity index (χ0v) is 23.1. The van der Waals surface area contributed by atoms with E-state index in [1.807, 2.05) is 66.1 Å². The van der Waals surface area contributed by atoms with Crippen molar-refractivity contribution in [2.75, 3.05) is 14.1 Å². The highest BCUT2D eigenvalue weighted by molar-refractivity contribution is 6.30. The van der Waals surface area contributed by atoms with Crippen LogP contribution in [0.1, 0.15) is 64.3 Å². The molecule has 0 aromatic heterocycles. The Hall–Kier alpha value is -2.64. The molecule has 1 atom stereocenters. The highest BCUT2D eigenvalue weighted by Crippen LogP contribution is 2.41. The van der Waals surface area contributed by atoms with Crippen LogP contribution in [0.25, 0.3) is 21.9 Å². The molecule has 35 heavy (non-hydrogen) atoms. The smallest absolute Gasteiger partial charge is 0.163 e. The number of ether oxygens (including phenoxy) is 1. The monoisotopic (exact) mass is 489 g/mol. The van der Waals surface area contributed by atoms with Crippen molar-refractivity contribution in [2.24, 2.45) is 0 Å². The van der Waals surface area contributed by atoms with Crippen molar-refractivity contribution in [1.82, 2.24) is 4.90 Å². The average molecular weight is 490 g/mol. The summed E-state index contributed by atoms with van der Waals surface area (Å²) >= 11 is 6.22. The van der Waals surface area contributed by atoms with Crippen molar-refractivity contribution in [3.8, 4) is 23.0 Å². The summed E-state index contributed by atoms with van der Waals surface area (Å²) in [6, 6.07) is 16.2. The largest absolute Gasteiger partial charge is 0.360 e. The molecule has 3 aromatic carbocycles. The van der Waals surface area contributed by atoms with E-state index in [-0.39, 0.29) is 11.3 Å². The maximum atomic E-state index is 12.9. The second-order valence-corrected chi connectivity index (χ2v) is 11.3. The molecule has 0 fully saturated rings. The van der Waals surface area contributed by atoms with Gasteiger partial charge in [0.25, 0.3) is 0 Å². The number of hydrogen-bond acceptors (Lipinski definition) is 3. The molecule has 0 spiro atoms. The number of carbonyl (C=O) groups excluding carboxylic acids is 1. The van der Waals surface area contributed by atoms with Crippen LogP contribution in [-0.2, 0) is 9.53 Å². The quantitative estimate of drug-likeness (QED) is 0.345. The minimum absolute atomic E-state index is 0.0266. The lowest BCUT2D eigenvalue weighted by Gasteiger charge is -2.29. The molecular weight excluding hydrogens is 454 g/mol. The van der Waals surface area contributed by atoms with Crippen molar-refractivity contribution in [1.29, 1.82) is 0 Å². The lowest BCUT2D eigenvalue weighted by Crippen LogP contribution is -2.36. The van der Waals surface area contributed by atoms with Gasteiger partial charge in [0.15, 0.2) is 5.78 Å². The van der Waals surface area contributed by atoms with E-state index in [1.54, 1.807) is 6.92 Å². The molecule has 184 valence electrons. The standard InChI is InChI=1S/C31H36ClNO2/c1-20-18-24-11-10-22(16-17-31(6,7)33(8)9)19-26(24)28(23-12-14-25(32)15-13-23)27(20)29(21(2)34)35-30(3,4)5/h10-15,18-19,29H,1-9H3. The van der Waals surface area contributed by atoms with Crippen LogP contribution in [0, 0.1) is 18.8 Å². The number of benzene rings is 3. The summed E-state index contributed by atoms with van der Waals surface area (Å²) in [6.45, 7) is 13.8. The topological polar surface area (TPSA) is 29.5 Å². The van der Waals surface area contributed by atoms with Crippen molar-refractivity contribution >= 4 is 28.2 Å². The van der Waals surface area contributed by atoms with Gasteiger partial charge in [-0.05, 0) is 120 Å². The van der Waals surface area contributed by atoms with Gasteiger partial charge in [-0.2, -0.15) is 0 Å². The van der Waals surface area contributed by atoms with Crippen LogP contribution < -0.4 is 0 Å². The number of fused-ring (bicyclic) bond motifs is 1.